The fourth-order valence-electron chi connectivity index (χ4n) is 3.66. The maximum atomic E-state index is 13.8. The molecule has 4 rings (SSSR count). The summed E-state index contributed by atoms with van der Waals surface area (Å²) in [7, 11) is 0. The topological polar surface area (TPSA) is 47.1 Å². The number of rotatable bonds is 8. The zero-order valence-corrected chi connectivity index (χ0v) is 17.5. The minimum atomic E-state index is -0.487. The lowest BCUT2D eigenvalue weighted by Gasteiger charge is -2.14. The van der Waals surface area contributed by atoms with E-state index in [9.17, 15) is 8.78 Å². The summed E-state index contributed by atoms with van der Waals surface area (Å²) >= 11 is 0. The summed E-state index contributed by atoms with van der Waals surface area (Å²) in [4.78, 5) is 8.22. The van der Waals surface area contributed by atoms with E-state index in [1.807, 2.05) is 49.4 Å². The number of aromatic nitrogens is 2. The lowest BCUT2D eigenvalue weighted by Crippen LogP contribution is -2.03. The first-order valence-electron chi connectivity index (χ1n) is 10.4. The van der Waals surface area contributed by atoms with Crippen LogP contribution in [0.3, 0.4) is 0 Å². The van der Waals surface area contributed by atoms with Crippen molar-refractivity contribution in [2.45, 2.75) is 32.8 Å². The van der Waals surface area contributed by atoms with E-state index in [2.05, 4.69) is 11.9 Å². The number of benzene rings is 3. The zero-order chi connectivity index (χ0) is 21.8. The second-order valence-electron chi connectivity index (χ2n) is 7.26. The molecule has 0 aliphatic heterocycles. The summed E-state index contributed by atoms with van der Waals surface area (Å²) in [6.45, 7) is 4.61. The molecule has 1 unspecified atom stereocenters. The van der Waals surface area contributed by atoms with Gasteiger partial charge < -0.3 is 14.5 Å². The lowest BCUT2D eigenvalue weighted by molar-refractivity contribution is 0.299. The van der Waals surface area contributed by atoms with E-state index >= 15 is 0 Å². The second-order valence-corrected chi connectivity index (χ2v) is 7.26. The third-order valence-electron chi connectivity index (χ3n) is 5.22. The summed E-state index contributed by atoms with van der Waals surface area (Å²) < 4.78 is 38.4. The van der Waals surface area contributed by atoms with Crippen LogP contribution < -0.4 is 9.47 Å². The van der Waals surface area contributed by atoms with Gasteiger partial charge in [0.15, 0.2) is 0 Å². The first-order valence-corrected chi connectivity index (χ1v) is 10.4. The Morgan fingerprint density at radius 1 is 0.968 bits per heavy atom. The Balaban J connectivity index is 1.52. The van der Waals surface area contributed by atoms with Crippen molar-refractivity contribution in [1.29, 1.82) is 0 Å². The number of nitrogens with zero attached hydrogens (tertiary/aromatic N) is 1. The molecule has 0 amide bonds. The summed E-state index contributed by atoms with van der Waals surface area (Å²) in [6.07, 6.45) is 0.860. The molecule has 4 aromatic rings. The maximum absolute atomic E-state index is 13.8. The van der Waals surface area contributed by atoms with Crippen molar-refractivity contribution < 1.29 is 18.3 Å². The van der Waals surface area contributed by atoms with Crippen LogP contribution in [0.25, 0.3) is 11.0 Å². The van der Waals surface area contributed by atoms with E-state index in [4.69, 9.17) is 14.5 Å². The molecule has 1 heterocycles. The van der Waals surface area contributed by atoms with Gasteiger partial charge in [0.2, 0.25) is 0 Å². The minimum absolute atomic E-state index is 0.0378. The first-order chi connectivity index (χ1) is 15.1. The Hall–Kier alpha value is -3.41. The highest BCUT2D eigenvalue weighted by molar-refractivity contribution is 5.82. The quantitative estimate of drug-likeness (QED) is 0.359. The maximum Gasteiger partial charge on any atom is 0.147 e. The molecule has 0 bridgehead atoms. The van der Waals surface area contributed by atoms with Crippen molar-refractivity contribution >= 4 is 11.0 Å². The van der Waals surface area contributed by atoms with Crippen LogP contribution in [0.4, 0.5) is 8.78 Å². The van der Waals surface area contributed by atoms with Gasteiger partial charge in [0.25, 0.3) is 0 Å². The number of para-hydroxylation sites is 1. The third kappa shape index (κ3) is 4.53. The molecule has 0 aliphatic rings. The molecule has 0 aliphatic carbocycles. The van der Waals surface area contributed by atoms with Crippen molar-refractivity contribution in [3.63, 3.8) is 0 Å². The van der Waals surface area contributed by atoms with Crippen molar-refractivity contribution in [3.05, 3.63) is 89.2 Å². The van der Waals surface area contributed by atoms with Gasteiger partial charge in [-0.05, 0) is 61.4 Å². The molecule has 31 heavy (non-hydrogen) atoms. The summed E-state index contributed by atoms with van der Waals surface area (Å²) in [5.74, 6) is 1.34. The molecule has 1 aromatic heterocycles. The van der Waals surface area contributed by atoms with Gasteiger partial charge in [-0.25, -0.2) is 13.8 Å². The normalized spacial score (nSPS) is 12.1. The van der Waals surface area contributed by atoms with Gasteiger partial charge in [0.05, 0.1) is 12.1 Å². The van der Waals surface area contributed by atoms with Gasteiger partial charge in [0.1, 0.15) is 41.1 Å². The van der Waals surface area contributed by atoms with E-state index in [1.165, 1.54) is 0 Å². The van der Waals surface area contributed by atoms with Crippen molar-refractivity contribution in [3.8, 4) is 11.5 Å². The average Bonchev–Trinajstić information content (AvgIpc) is 3.21. The highest BCUT2D eigenvalue weighted by atomic mass is 19.1. The number of aromatic amines is 1. The van der Waals surface area contributed by atoms with Gasteiger partial charge in [-0.3, -0.25) is 0 Å². The molecule has 160 valence electrons. The Morgan fingerprint density at radius 2 is 1.77 bits per heavy atom. The standard InChI is InChI=1S/C25H24F2N2O2/c1-3-20(25-28-22-6-5-7-23(30-4-2)24(22)29-25)16-8-11-19(12-9-16)31-15-17-14-18(26)10-13-21(17)27/h5-14,20H,3-4,15H2,1-2H3,(H,28,29). The Morgan fingerprint density at radius 3 is 2.52 bits per heavy atom. The number of ether oxygens (including phenoxy) is 2. The van der Waals surface area contributed by atoms with Crippen LogP contribution >= 0.6 is 0 Å². The number of hydrogen-bond acceptors (Lipinski definition) is 3. The number of fused-ring (bicyclic) bond motifs is 1. The second kappa shape index (κ2) is 9.16. The highest BCUT2D eigenvalue weighted by Gasteiger charge is 2.18. The third-order valence-corrected chi connectivity index (χ3v) is 5.22. The molecule has 6 heteroatoms. The van der Waals surface area contributed by atoms with Gasteiger partial charge in [-0.1, -0.05) is 25.1 Å². The first kappa shape index (κ1) is 20.8. The van der Waals surface area contributed by atoms with Crippen molar-refractivity contribution in [2.75, 3.05) is 6.61 Å². The molecule has 0 fully saturated rings. The minimum Gasteiger partial charge on any atom is -0.492 e. The van der Waals surface area contributed by atoms with Crippen LogP contribution in [0.15, 0.2) is 60.7 Å². The molecule has 0 spiro atoms. The average molecular weight is 422 g/mol. The molecular weight excluding hydrogens is 398 g/mol. The van der Waals surface area contributed by atoms with Gasteiger partial charge in [0, 0.05) is 11.5 Å². The molecule has 0 saturated carbocycles. The monoisotopic (exact) mass is 422 g/mol. The molecular formula is C25H24F2N2O2. The van der Waals surface area contributed by atoms with Gasteiger partial charge >= 0.3 is 0 Å². The van der Waals surface area contributed by atoms with Crippen LogP contribution in [0.1, 0.15) is 43.1 Å². The molecule has 1 N–H and O–H groups in total. The van der Waals surface area contributed by atoms with E-state index in [-0.39, 0.29) is 18.1 Å². The van der Waals surface area contributed by atoms with Crippen LogP contribution in [0.2, 0.25) is 0 Å². The smallest absolute Gasteiger partial charge is 0.147 e. The fraction of sp³-hybridized carbons (Fsp3) is 0.240. The largest absolute Gasteiger partial charge is 0.492 e. The number of hydrogen-bond donors (Lipinski definition) is 1. The molecule has 1 atom stereocenters. The van der Waals surface area contributed by atoms with Crippen LogP contribution in [-0.2, 0) is 6.61 Å². The van der Waals surface area contributed by atoms with E-state index in [1.54, 1.807) is 0 Å². The number of halogens is 2. The van der Waals surface area contributed by atoms with Crippen LogP contribution in [0, 0.1) is 11.6 Å². The molecule has 4 nitrogen and oxygen atoms in total. The molecule has 3 aromatic carbocycles. The Kier molecular flexibility index (Phi) is 6.16. The zero-order valence-electron chi connectivity index (χ0n) is 17.5. The predicted molar refractivity (Wildman–Crippen MR) is 117 cm³/mol. The van der Waals surface area contributed by atoms with Gasteiger partial charge in [-0.15, -0.1) is 0 Å². The summed E-state index contributed by atoms with van der Waals surface area (Å²) in [6, 6.07) is 16.8. The van der Waals surface area contributed by atoms with Crippen molar-refractivity contribution in [2.24, 2.45) is 0 Å². The summed E-state index contributed by atoms with van der Waals surface area (Å²) in [5, 5.41) is 0. The van der Waals surface area contributed by atoms with Crippen LogP contribution in [-0.4, -0.2) is 16.6 Å². The van der Waals surface area contributed by atoms with E-state index in [0.29, 0.717) is 12.4 Å². The van der Waals surface area contributed by atoms with E-state index in [0.717, 1.165) is 52.8 Å². The number of imidazole rings is 1. The Bertz CT molecular complexity index is 1170. The van der Waals surface area contributed by atoms with E-state index < -0.39 is 11.6 Å². The number of nitrogens with one attached hydrogen (secondary N) is 1. The predicted octanol–water partition coefficient (Wildman–Crippen LogP) is 6.36. The molecule has 0 radical (unpaired) electrons. The Labute approximate surface area is 179 Å². The highest BCUT2D eigenvalue weighted by Crippen LogP contribution is 2.31. The fourth-order valence-corrected chi connectivity index (χ4v) is 3.66. The van der Waals surface area contributed by atoms with Gasteiger partial charge in [-0.2, -0.15) is 0 Å². The molecule has 0 saturated heterocycles. The SMILES string of the molecule is CCOc1cccc2[nH]c(C(CC)c3ccc(OCc4cc(F)ccc4F)cc3)nc12. The lowest BCUT2D eigenvalue weighted by atomic mass is 9.96. The van der Waals surface area contributed by atoms with Crippen LogP contribution in [0.5, 0.6) is 11.5 Å². The van der Waals surface area contributed by atoms with Crippen molar-refractivity contribution in [1.82, 2.24) is 9.97 Å². The number of H-pyrrole nitrogens is 1. The summed E-state index contributed by atoms with van der Waals surface area (Å²) in [5.41, 5.74) is 3.04.